The van der Waals surface area contributed by atoms with Gasteiger partial charge in [-0.15, -0.1) is 0 Å². The molecule has 3 nitrogen and oxygen atoms in total. The van der Waals surface area contributed by atoms with Crippen LogP contribution in [0, 0.1) is 0 Å². The number of aromatic carboxylic acids is 1. The zero-order valence-corrected chi connectivity index (χ0v) is 10.2. The van der Waals surface area contributed by atoms with Gasteiger partial charge in [0, 0.05) is 10.6 Å². The third-order valence-corrected chi connectivity index (χ3v) is 2.67. The van der Waals surface area contributed by atoms with Crippen LogP contribution in [0.3, 0.4) is 0 Å². The Kier molecular flexibility index (Phi) is 3.85. The van der Waals surface area contributed by atoms with E-state index in [2.05, 4.69) is 0 Å². The molecule has 0 radical (unpaired) electrons. The van der Waals surface area contributed by atoms with Gasteiger partial charge in [0.25, 0.3) is 0 Å². The Bertz CT molecular complexity index is 552. The van der Waals surface area contributed by atoms with Gasteiger partial charge in [0.2, 0.25) is 0 Å². The van der Waals surface area contributed by atoms with Crippen molar-refractivity contribution in [3.8, 4) is 5.75 Å². The van der Waals surface area contributed by atoms with Crippen LogP contribution in [0.15, 0.2) is 48.5 Å². The van der Waals surface area contributed by atoms with Crippen LogP contribution < -0.4 is 4.74 Å². The van der Waals surface area contributed by atoms with Gasteiger partial charge in [-0.25, -0.2) is 4.79 Å². The number of halogens is 1. The van der Waals surface area contributed by atoms with Gasteiger partial charge in [-0.1, -0.05) is 29.8 Å². The highest BCUT2D eigenvalue weighted by Crippen LogP contribution is 2.19. The number of carboxylic acids is 1. The highest BCUT2D eigenvalue weighted by Gasteiger charge is 2.10. The summed E-state index contributed by atoms with van der Waals surface area (Å²) in [5.74, 6) is -0.299. The Morgan fingerprint density at radius 3 is 2.56 bits per heavy atom. The minimum absolute atomic E-state index is 0.173. The summed E-state index contributed by atoms with van der Waals surface area (Å²) in [5, 5.41) is 9.55. The maximum Gasteiger partial charge on any atom is 0.336 e. The average molecular weight is 263 g/mol. The zero-order chi connectivity index (χ0) is 13.0. The zero-order valence-electron chi connectivity index (χ0n) is 9.47. The smallest absolute Gasteiger partial charge is 0.336 e. The van der Waals surface area contributed by atoms with Gasteiger partial charge >= 0.3 is 5.97 Å². The summed E-state index contributed by atoms with van der Waals surface area (Å²) >= 11 is 5.85. The molecule has 0 amide bonds. The SMILES string of the molecule is O=C(O)c1ccc(Cl)cc1COc1ccccc1. The maximum absolute atomic E-state index is 11.0. The fraction of sp³-hybridized carbons (Fsp3) is 0.0714. The highest BCUT2D eigenvalue weighted by molar-refractivity contribution is 6.30. The molecule has 0 unspecified atom stereocenters. The van der Waals surface area contributed by atoms with Crippen LogP contribution in [0.25, 0.3) is 0 Å². The first kappa shape index (κ1) is 12.5. The van der Waals surface area contributed by atoms with Gasteiger partial charge < -0.3 is 9.84 Å². The monoisotopic (exact) mass is 262 g/mol. The molecule has 0 spiro atoms. The molecule has 0 saturated carbocycles. The molecule has 0 fully saturated rings. The number of rotatable bonds is 4. The standard InChI is InChI=1S/C14H11ClO3/c15-11-6-7-13(14(16)17)10(8-11)9-18-12-4-2-1-3-5-12/h1-8H,9H2,(H,16,17). The molecule has 0 aliphatic heterocycles. The molecule has 0 heterocycles. The van der Waals surface area contributed by atoms with E-state index >= 15 is 0 Å². The largest absolute Gasteiger partial charge is 0.489 e. The van der Waals surface area contributed by atoms with Crippen LogP contribution in [0.1, 0.15) is 15.9 Å². The van der Waals surface area contributed by atoms with Crippen molar-refractivity contribution in [2.75, 3.05) is 0 Å². The predicted molar refractivity (Wildman–Crippen MR) is 69.2 cm³/mol. The molecule has 92 valence electrons. The molecule has 0 aliphatic carbocycles. The summed E-state index contributed by atoms with van der Waals surface area (Å²) in [5.41, 5.74) is 0.759. The number of hydrogen-bond acceptors (Lipinski definition) is 2. The van der Waals surface area contributed by atoms with E-state index in [1.54, 1.807) is 12.1 Å². The minimum atomic E-state index is -0.988. The molecule has 1 N–H and O–H groups in total. The maximum atomic E-state index is 11.0. The first-order valence-corrected chi connectivity index (χ1v) is 5.74. The molecule has 4 heteroatoms. The van der Waals surface area contributed by atoms with Gasteiger partial charge in [0.05, 0.1) is 5.56 Å². The fourth-order valence-electron chi connectivity index (χ4n) is 1.57. The number of carboxylic acid groups (broad SMARTS) is 1. The van der Waals surface area contributed by atoms with Crippen LogP contribution in [0.5, 0.6) is 5.75 Å². The molecule has 2 aromatic rings. The van der Waals surface area contributed by atoms with E-state index in [9.17, 15) is 4.79 Å². The van der Waals surface area contributed by atoms with Crippen molar-refractivity contribution in [2.24, 2.45) is 0 Å². The second-order valence-corrected chi connectivity index (χ2v) is 4.14. The summed E-state index contributed by atoms with van der Waals surface area (Å²) in [4.78, 5) is 11.0. The van der Waals surface area contributed by atoms with E-state index in [4.69, 9.17) is 21.4 Å². The summed E-state index contributed by atoms with van der Waals surface area (Å²) in [7, 11) is 0. The molecule has 2 rings (SSSR count). The minimum Gasteiger partial charge on any atom is -0.489 e. The van der Waals surface area contributed by atoms with Crippen LogP contribution >= 0.6 is 11.6 Å². The lowest BCUT2D eigenvalue weighted by atomic mass is 10.1. The summed E-state index contributed by atoms with van der Waals surface area (Å²) < 4.78 is 5.52. The Morgan fingerprint density at radius 1 is 1.17 bits per heavy atom. The topological polar surface area (TPSA) is 46.5 Å². The Balaban J connectivity index is 2.18. The van der Waals surface area contributed by atoms with Crippen molar-refractivity contribution >= 4 is 17.6 Å². The second kappa shape index (κ2) is 5.56. The molecular formula is C14H11ClO3. The molecule has 2 aromatic carbocycles. The summed E-state index contributed by atoms with van der Waals surface area (Å²) in [6.07, 6.45) is 0. The number of ether oxygens (including phenoxy) is 1. The molecule has 18 heavy (non-hydrogen) atoms. The van der Waals surface area contributed by atoms with E-state index < -0.39 is 5.97 Å². The van der Waals surface area contributed by atoms with Crippen molar-refractivity contribution < 1.29 is 14.6 Å². The first-order valence-electron chi connectivity index (χ1n) is 5.36. The molecule has 0 aromatic heterocycles. The summed E-state index contributed by atoms with van der Waals surface area (Å²) in [6, 6.07) is 13.8. The quantitative estimate of drug-likeness (QED) is 0.915. The van der Waals surface area contributed by atoms with E-state index in [-0.39, 0.29) is 12.2 Å². The second-order valence-electron chi connectivity index (χ2n) is 3.71. The van der Waals surface area contributed by atoms with Gasteiger partial charge in [0.1, 0.15) is 12.4 Å². The van der Waals surface area contributed by atoms with Gasteiger partial charge in [-0.05, 0) is 30.3 Å². The van der Waals surface area contributed by atoms with Gasteiger partial charge in [0.15, 0.2) is 0 Å². The van der Waals surface area contributed by atoms with Crippen LogP contribution in [-0.2, 0) is 6.61 Å². The lowest BCUT2D eigenvalue weighted by Gasteiger charge is -2.09. The normalized spacial score (nSPS) is 10.1. The third-order valence-electron chi connectivity index (χ3n) is 2.44. The Morgan fingerprint density at radius 2 is 1.89 bits per heavy atom. The number of carbonyl (C=O) groups is 1. The van der Waals surface area contributed by atoms with Crippen molar-refractivity contribution in [1.29, 1.82) is 0 Å². The predicted octanol–water partition coefficient (Wildman–Crippen LogP) is 3.62. The van der Waals surface area contributed by atoms with E-state index in [0.29, 0.717) is 16.3 Å². The molecular weight excluding hydrogens is 252 g/mol. The number of benzene rings is 2. The lowest BCUT2D eigenvalue weighted by Crippen LogP contribution is -2.05. The van der Waals surface area contributed by atoms with E-state index in [1.165, 1.54) is 6.07 Å². The molecule has 0 aliphatic rings. The van der Waals surface area contributed by atoms with Gasteiger partial charge in [-0.2, -0.15) is 0 Å². The van der Waals surface area contributed by atoms with E-state index in [1.807, 2.05) is 30.3 Å². The molecule has 0 bridgehead atoms. The average Bonchev–Trinajstić information content (AvgIpc) is 2.37. The number of hydrogen-bond donors (Lipinski definition) is 1. The molecule has 0 saturated heterocycles. The highest BCUT2D eigenvalue weighted by atomic mass is 35.5. The molecule has 0 atom stereocenters. The van der Waals surface area contributed by atoms with Crippen molar-refractivity contribution in [1.82, 2.24) is 0 Å². The van der Waals surface area contributed by atoms with Crippen molar-refractivity contribution in [3.63, 3.8) is 0 Å². The Labute approximate surface area is 110 Å². The van der Waals surface area contributed by atoms with Crippen LogP contribution in [-0.4, -0.2) is 11.1 Å². The van der Waals surface area contributed by atoms with Crippen LogP contribution in [0.2, 0.25) is 5.02 Å². The first-order chi connectivity index (χ1) is 8.66. The number of para-hydroxylation sites is 1. The fourth-order valence-corrected chi connectivity index (χ4v) is 1.76. The van der Waals surface area contributed by atoms with Gasteiger partial charge in [-0.3, -0.25) is 0 Å². The lowest BCUT2D eigenvalue weighted by molar-refractivity contribution is 0.0694. The van der Waals surface area contributed by atoms with Crippen LogP contribution in [0.4, 0.5) is 0 Å². The van der Waals surface area contributed by atoms with E-state index in [0.717, 1.165) is 0 Å². The van der Waals surface area contributed by atoms with Crippen molar-refractivity contribution in [2.45, 2.75) is 6.61 Å². The third kappa shape index (κ3) is 3.02. The summed E-state index contributed by atoms with van der Waals surface area (Å²) in [6.45, 7) is 0.173. The van der Waals surface area contributed by atoms with Crippen molar-refractivity contribution in [3.05, 3.63) is 64.7 Å². The Hall–Kier alpha value is -2.00.